The molecule has 0 rings (SSSR count). The zero-order valence-corrected chi connectivity index (χ0v) is 60.3. The quantitative estimate of drug-likeness (QED) is 0.0279. The summed E-state index contributed by atoms with van der Waals surface area (Å²) in [4.78, 5) is 26.1. The maximum absolute atomic E-state index is 13.6. The van der Waals surface area contributed by atoms with Gasteiger partial charge in [0.15, 0.2) is 16.6 Å². The van der Waals surface area contributed by atoms with Gasteiger partial charge in [-0.1, -0.05) is 215 Å². The first-order valence-corrected chi connectivity index (χ1v) is 40.5. The van der Waals surface area contributed by atoms with Gasteiger partial charge in [-0.3, -0.25) is 4.79 Å². The van der Waals surface area contributed by atoms with Crippen LogP contribution in [0.4, 0.5) is 4.79 Å². The predicted molar refractivity (Wildman–Crippen MR) is 344 cm³/mol. The summed E-state index contributed by atoms with van der Waals surface area (Å²) in [6.45, 7) is 71.5. The van der Waals surface area contributed by atoms with Crippen molar-refractivity contribution in [2.45, 2.75) is 299 Å². The second-order valence-electron chi connectivity index (χ2n) is 29.1. The highest BCUT2D eigenvalue weighted by molar-refractivity contribution is 6.78. The van der Waals surface area contributed by atoms with E-state index < -0.39 is 69.7 Å². The summed E-state index contributed by atoms with van der Waals surface area (Å²) in [5, 5.41) is 12.2. The number of aliphatic hydroxyl groups excluding tert-OH is 1. The fourth-order valence-electron chi connectivity index (χ4n) is 12.7. The smallest absolute Gasteiger partial charge is 0.404 e. The minimum Gasteiger partial charge on any atom is -0.469 e. The van der Waals surface area contributed by atoms with Crippen molar-refractivity contribution < 1.29 is 41.9 Å². The van der Waals surface area contributed by atoms with Crippen LogP contribution in [0, 0.1) is 41.4 Å². The fourth-order valence-corrected chi connectivity index (χ4v) is 27.0. The molecule has 13 atom stereocenters. The zero-order valence-electron chi connectivity index (χ0n) is 56.3. The van der Waals surface area contributed by atoms with Gasteiger partial charge in [0.05, 0.1) is 43.5 Å². The number of primary amides is 1. The number of hydrogen-bond donors (Lipinski definition) is 2. The molecule has 78 heavy (non-hydrogen) atoms. The highest BCUT2D eigenvalue weighted by Crippen LogP contribution is 2.48. The lowest BCUT2D eigenvalue weighted by atomic mass is 9.81. The molecule has 0 aromatic carbocycles. The van der Waals surface area contributed by atoms with Gasteiger partial charge in [0, 0.05) is 24.2 Å². The first-order chi connectivity index (χ1) is 35.3. The molecule has 458 valence electrons. The molecular weight excluding hydrogens is 1040 g/mol. The Labute approximate surface area is 486 Å². The Morgan fingerprint density at radius 2 is 0.974 bits per heavy atom. The third kappa shape index (κ3) is 20.6. The first-order valence-electron chi connectivity index (χ1n) is 30.4. The van der Waals surface area contributed by atoms with Gasteiger partial charge in [0.1, 0.15) is 6.10 Å². The lowest BCUT2D eigenvalue weighted by Crippen LogP contribution is -2.56. The molecule has 0 bridgehead atoms. The Bertz CT molecular complexity index is 1850. The minimum absolute atomic E-state index is 0.0176. The molecule has 0 saturated carbocycles. The van der Waals surface area contributed by atoms with Crippen LogP contribution in [0.2, 0.25) is 69.5 Å². The van der Waals surface area contributed by atoms with Crippen molar-refractivity contribution in [1.82, 2.24) is 0 Å². The Morgan fingerprint density at radius 3 is 1.36 bits per heavy atom. The SMILES string of the molecule is C=C/C=C\[C@@H](C)[C@@H](OC(N)=O)[C@H](C)[C@@H](O[Si](C)(C)C(C)(C)C)[C@H](C)C/C(C)=C\[C@@H](C)[C@H](O[Si](C(C)C)(C(C)C)C(C)C)[C@H](C)/C=C\C(O)C[C@@H](O[Si](C)(C)C(C)(C)C)[C@@H](C)[C@@H](O[Si](C(C)C)(C(C)C)C(C)C)[C@H](C)C(=O)OC. The van der Waals surface area contributed by atoms with E-state index in [0.717, 1.165) is 6.42 Å². The normalized spacial score (nSPS) is 19.3. The molecule has 0 heterocycles. The van der Waals surface area contributed by atoms with Crippen LogP contribution in [-0.2, 0) is 32.0 Å². The summed E-state index contributed by atoms with van der Waals surface area (Å²) in [6.07, 6.45) is 9.88. The van der Waals surface area contributed by atoms with Gasteiger partial charge in [0.25, 0.3) is 0 Å². The van der Waals surface area contributed by atoms with E-state index in [4.69, 9.17) is 32.9 Å². The molecule has 3 N–H and O–H groups in total. The molecule has 0 radical (unpaired) electrons. The number of esters is 1. The van der Waals surface area contributed by atoms with Crippen LogP contribution in [0.15, 0.2) is 48.6 Å². The van der Waals surface area contributed by atoms with E-state index in [9.17, 15) is 14.7 Å². The number of carbonyl (C=O) groups is 2. The number of ether oxygens (including phenoxy) is 2. The van der Waals surface area contributed by atoms with Crippen LogP contribution in [0.3, 0.4) is 0 Å². The minimum atomic E-state index is -2.50. The Morgan fingerprint density at radius 1 is 0.564 bits per heavy atom. The predicted octanol–water partition coefficient (Wildman–Crippen LogP) is 18.4. The van der Waals surface area contributed by atoms with E-state index in [1.165, 1.54) is 12.7 Å². The second-order valence-corrected chi connectivity index (χ2v) is 49.4. The van der Waals surface area contributed by atoms with E-state index >= 15 is 0 Å². The maximum atomic E-state index is 13.6. The fraction of sp³-hybridized carbons (Fsp3) is 0.844. The average molecular weight is 1170 g/mol. The van der Waals surface area contributed by atoms with Crippen LogP contribution < -0.4 is 5.73 Å². The van der Waals surface area contributed by atoms with E-state index in [-0.39, 0.29) is 63.8 Å². The van der Waals surface area contributed by atoms with Crippen molar-refractivity contribution in [2.75, 3.05) is 7.11 Å². The number of rotatable bonds is 34. The van der Waals surface area contributed by atoms with Gasteiger partial charge in [0.2, 0.25) is 16.6 Å². The number of amides is 1. The molecule has 10 nitrogen and oxygen atoms in total. The molecule has 0 aromatic rings. The van der Waals surface area contributed by atoms with E-state index in [1.807, 2.05) is 25.2 Å². The molecular formula is C64H127NO9Si4. The molecule has 0 aliphatic rings. The summed E-state index contributed by atoms with van der Waals surface area (Å²) < 4.78 is 41.5. The third-order valence-corrected chi connectivity index (χ3v) is 40.2. The van der Waals surface area contributed by atoms with Gasteiger partial charge in [-0.05, 0) is 108 Å². The Balaban J connectivity index is 7.90. The van der Waals surface area contributed by atoms with Crippen molar-refractivity contribution in [1.29, 1.82) is 0 Å². The molecule has 0 aliphatic carbocycles. The van der Waals surface area contributed by atoms with Crippen molar-refractivity contribution >= 4 is 45.3 Å². The van der Waals surface area contributed by atoms with E-state index in [0.29, 0.717) is 39.7 Å². The highest BCUT2D eigenvalue weighted by Gasteiger charge is 2.52. The lowest BCUT2D eigenvalue weighted by molar-refractivity contribution is -0.150. The molecule has 0 saturated heterocycles. The maximum Gasteiger partial charge on any atom is 0.404 e. The van der Waals surface area contributed by atoms with Crippen LogP contribution in [0.5, 0.6) is 0 Å². The molecule has 0 fully saturated rings. The summed E-state index contributed by atoms with van der Waals surface area (Å²) in [5.41, 5.74) is 9.01. The molecule has 14 heteroatoms. The van der Waals surface area contributed by atoms with Crippen LogP contribution in [-0.4, -0.2) is 94.2 Å². The largest absolute Gasteiger partial charge is 0.469 e. The number of hydrogen-bond acceptors (Lipinski definition) is 9. The van der Waals surface area contributed by atoms with E-state index in [2.05, 4.69) is 218 Å². The number of allylic oxidation sites excluding steroid dienone is 3. The van der Waals surface area contributed by atoms with Crippen LogP contribution in [0.25, 0.3) is 0 Å². The molecule has 1 unspecified atom stereocenters. The standard InChI is InChI=1S/C64H127NO9Si4/c1-33-34-35-48(15)58(70-62(65)68)53(20)59(72-76(31,32)64(25,26)27)51(18)39-47(14)38-50(17)57(73-77(41(2)3,42(4)5)43(6)7)49(16)36-37-55(66)40-56(71-75(29,30)63(22,23)24)52(19)60(54(21)61(67)69-28)74-78(44(8)9,45(10)11)46(12)13/h33-38,41-46,48-60,66H,1,39-40H2,2-32H3,(H2,65,68)/b35-34-,37-36-,47-38-/t48-,49-,50-,51-,52-,53+,54+,55?,56-,57-,58-,59+,60-/m1/s1. The molecule has 0 spiro atoms. The third-order valence-electron chi connectivity index (χ3n) is 19.0. The molecule has 0 aromatic heterocycles. The summed E-state index contributed by atoms with van der Waals surface area (Å²) in [5.74, 6) is -1.35. The Hall–Kier alpha value is -1.63. The average Bonchev–Trinajstić information content (AvgIpc) is 3.28. The topological polar surface area (TPSA) is 136 Å². The van der Waals surface area contributed by atoms with Crippen LogP contribution in [0.1, 0.15) is 193 Å². The number of aliphatic hydroxyl groups is 1. The monoisotopic (exact) mass is 1170 g/mol. The first kappa shape index (κ1) is 76.4. The second kappa shape index (κ2) is 31.9. The van der Waals surface area contributed by atoms with Crippen molar-refractivity contribution in [3.05, 3.63) is 48.6 Å². The molecule has 0 aliphatic heterocycles. The van der Waals surface area contributed by atoms with Crippen molar-refractivity contribution in [3.63, 3.8) is 0 Å². The number of methoxy groups -OCH3 is 1. The Kier molecular flexibility index (Phi) is 31.2. The molecule has 1 amide bonds. The van der Waals surface area contributed by atoms with Crippen molar-refractivity contribution in [2.24, 2.45) is 47.2 Å². The summed E-state index contributed by atoms with van der Waals surface area (Å²) in [7, 11) is -8.17. The van der Waals surface area contributed by atoms with Gasteiger partial charge in [-0.25, -0.2) is 4.79 Å². The van der Waals surface area contributed by atoms with E-state index in [1.54, 1.807) is 6.08 Å². The van der Waals surface area contributed by atoms with Gasteiger partial charge < -0.3 is 38.0 Å². The zero-order chi connectivity index (χ0) is 61.6. The summed E-state index contributed by atoms with van der Waals surface area (Å²) in [6, 6.07) is 0. The van der Waals surface area contributed by atoms with Crippen LogP contribution >= 0.6 is 0 Å². The number of carbonyl (C=O) groups excluding carboxylic acids is 2. The van der Waals surface area contributed by atoms with Crippen molar-refractivity contribution in [3.8, 4) is 0 Å². The lowest BCUT2D eigenvalue weighted by Gasteiger charge is -2.49. The van der Waals surface area contributed by atoms with Gasteiger partial charge >= 0.3 is 12.1 Å². The summed E-state index contributed by atoms with van der Waals surface area (Å²) >= 11 is 0. The number of nitrogens with two attached hydrogens (primary N) is 1. The van der Waals surface area contributed by atoms with Gasteiger partial charge in [-0.15, -0.1) is 0 Å². The van der Waals surface area contributed by atoms with Gasteiger partial charge in [-0.2, -0.15) is 0 Å². The highest BCUT2D eigenvalue weighted by atomic mass is 28.4.